The Labute approximate surface area is 183 Å². The normalized spacial score (nSPS) is 11.4. The van der Waals surface area contributed by atoms with Gasteiger partial charge in [0.15, 0.2) is 5.65 Å². The van der Waals surface area contributed by atoms with Crippen LogP contribution in [0, 0.1) is 0 Å². The number of aromatic nitrogens is 4. The van der Waals surface area contributed by atoms with Crippen molar-refractivity contribution in [3.8, 4) is 0 Å². The number of nitrogens with one attached hydrogen (secondary N) is 1. The van der Waals surface area contributed by atoms with Gasteiger partial charge in [-0.25, -0.2) is 9.97 Å². The number of hydrogen-bond acceptors (Lipinski definition) is 6. The largest absolute Gasteiger partial charge is 0.383 e. The van der Waals surface area contributed by atoms with Gasteiger partial charge in [-0.2, -0.15) is 9.78 Å². The van der Waals surface area contributed by atoms with Crippen LogP contribution in [0.15, 0.2) is 84.2 Å². The van der Waals surface area contributed by atoms with Gasteiger partial charge in [0.2, 0.25) is 0 Å². The SMILES string of the molecule is Nc1c(C(=O)NCc2ccccc2)c2nc3ccccc3nc2n1/N=C\c1cccnc1. The van der Waals surface area contributed by atoms with Crippen LogP contribution in [0.5, 0.6) is 0 Å². The van der Waals surface area contributed by atoms with Crippen molar-refractivity contribution in [2.45, 2.75) is 6.54 Å². The molecule has 0 aliphatic heterocycles. The predicted octanol–water partition coefficient (Wildman–Crippen LogP) is 3.37. The number of benzene rings is 2. The molecule has 5 aromatic rings. The van der Waals surface area contributed by atoms with E-state index in [1.165, 1.54) is 4.68 Å². The van der Waals surface area contributed by atoms with Crippen molar-refractivity contribution in [3.05, 3.63) is 95.8 Å². The summed E-state index contributed by atoms with van der Waals surface area (Å²) in [5.41, 5.74) is 10.6. The van der Waals surface area contributed by atoms with Crippen LogP contribution in [-0.4, -0.2) is 31.7 Å². The first-order chi connectivity index (χ1) is 15.7. The van der Waals surface area contributed by atoms with Crippen LogP contribution >= 0.6 is 0 Å². The standard InChI is InChI=1S/C24H19N7O/c25-22-20(24(32)27-14-16-7-2-1-3-8-16)21-23(30-19-11-5-4-10-18(19)29-21)31(22)28-15-17-9-6-12-26-13-17/h1-13,15H,14,25H2,(H,27,32)/b28-15-. The average Bonchev–Trinajstić information content (AvgIpc) is 3.11. The summed E-state index contributed by atoms with van der Waals surface area (Å²) in [5.74, 6) is -0.169. The molecule has 0 bridgehead atoms. The van der Waals surface area contributed by atoms with E-state index in [1.807, 2.05) is 66.7 Å². The maximum atomic E-state index is 13.1. The maximum absolute atomic E-state index is 13.1. The first-order valence-corrected chi connectivity index (χ1v) is 10.0. The molecule has 3 aromatic heterocycles. The molecule has 3 N–H and O–H groups in total. The van der Waals surface area contributed by atoms with Gasteiger partial charge in [-0.3, -0.25) is 9.78 Å². The van der Waals surface area contributed by atoms with Gasteiger partial charge in [-0.05, 0) is 23.8 Å². The lowest BCUT2D eigenvalue weighted by Crippen LogP contribution is -2.23. The van der Waals surface area contributed by atoms with Crippen LogP contribution < -0.4 is 11.1 Å². The highest BCUT2D eigenvalue weighted by Crippen LogP contribution is 2.27. The molecular weight excluding hydrogens is 402 g/mol. The smallest absolute Gasteiger partial charge is 0.257 e. The minimum Gasteiger partial charge on any atom is -0.383 e. The highest BCUT2D eigenvalue weighted by atomic mass is 16.1. The van der Waals surface area contributed by atoms with E-state index in [1.54, 1.807) is 18.6 Å². The van der Waals surface area contributed by atoms with Crippen molar-refractivity contribution in [3.63, 3.8) is 0 Å². The molecule has 0 saturated carbocycles. The zero-order valence-corrected chi connectivity index (χ0v) is 17.0. The summed E-state index contributed by atoms with van der Waals surface area (Å²) in [6.45, 7) is 0.367. The number of fused-ring (bicyclic) bond motifs is 2. The molecule has 3 heterocycles. The van der Waals surface area contributed by atoms with Crippen molar-refractivity contribution >= 4 is 40.1 Å². The van der Waals surface area contributed by atoms with Crippen LogP contribution in [-0.2, 0) is 6.54 Å². The van der Waals surface area contributed by atoms with Crippen LogP contribution in [0.1, 0.15) is 21.5 Å². The number of para-hydroxylation sites is 2. The van der Waals surface area contributed by atoms with Crippen molar-refractivity contribution in [1.29, 1.82) is 0 Å². The molecule has 156 valence electrons. The number of amides is 1. The zero-order chi connectivity index (χ0) is 21.9. The summed E-state index contributed by atoms with van der Waals surface area (Å²) < 4.78 is 1.44. The molecule has 0 fully saturated rings. The van der Waals surface area contributed by atoms with Crippen molar-refractivity contribution < 1.29 is 4.79 Å². The average molecular weight is 421 g/mol. The van der Waals surface area contributed by atoms with E-state index in [-0.39, 0.29) is 17.3 Å². The third kappa shape index (κ3) is 3.65. The van der Waals surface area contributed by atoms with Crippen LogP contribution in [0.2, 0.25) is 0 Å². The second-order valence-electron chi connectivity index (χ2n) is 7.16. The Morgan fingerprint density at radius 2 is 1.75 bits per heavy atom. The van der Waals surface area contributed by atoms with Crippen LogP contribution in [0.4, 0.5) is 5.82 Å². The van der Waals surface area contributed by atoms with Gasteiger partial charge >= 0.3 is 0 Å². The Bertz CT molecular complexity index is 1440. The molecule has 0 saturated heterocycles. The first-order valence-electron chi connectivity index (χ1n) is 10.0. The van der Waals surface area contributed by atoms with E-state index in [9.17, 15) is 4.79 Å². The number of carbonyl (C=O) groups excluding carboxylic acids is 1. The minimum absolute atomic E-state index is 0.168. The summed E-state index contributed by atoms with van der Waals surface area (Å²) in [5, 5.41) is 7.40. The number of nitrogens with zero attached hydrogens (tertiary/aromatic N) is 5. The van der Waals surface area contributed by atoms with Gasteiger partial charge in [-0.1, -0.05) is 48.5 Å². The monoisotopic (exact) mass is 421 g/mol. The van der Waals surface area contributed by atoms with Gasteiger partial charge in [-0.15, -0.1) is 0 Å². The van der Waals surface area contributed by atoms with E-state index in [0.717, 1.165) is 11.1 Å². The van der Waals surface area contributed by atoms with Gasteiger partial charge in [0.05, 0.1) is 17.2 Å². The summed E-state index contributed by atoms with van der Waals surface area (Å²) in [7, 11) is 0. The molecule has 0 radical (unpaired) electrons. The fourth-order valence-electron chi connectivity index (χ4n) is 3.43. The number of carbonyl (C=O) groups is 1. The molecule has 0 spiro atoms. The quantitative estimate of drug-likeness (QED) is 0.423. The van der Waals surface area contributed by atoms with Gasteiger partial charge < -0.3 is 11.1 Å². The van der Waals surface area contributed by atoms with Crippen LogP contribution in [0.25, 0.3) is 22.2 Å². The lowest BCUT2D eigenvalue weighted by atomic mass is 10.2. The number of pyridine rings is 1. The molecule has 8 heteroatoms. The topological polar surface area (TPSA) is 111 Å². The fraction of sp³-hybridized carbons (Fsp3) is 0.0417. The van der Waals surface area contributed by atoms with Crippen LogP contribution in [0.3, 0.4) is 0 Å². The molecule has 8 nitrogen and oxygen atoms in total. The van der Waals surface area contributed by atoms with E-state index < -0.39 is 0 Å². The summed E-state index contributed by atoms with van der Waals surface area (Å²) in [6.07, 6.45) is 4.98. The Kier molecular flexibility index (Phi) is 5.01. The number of rotatable bonds is 5. The highest BCUT2D eigenvalue weighted by Gasteiger charge is 2.24. The van der Waals surface area contributed by atoms with Crippen molar-refractivity contribution in [2.24, 2.45) is 5.10 Å². The second-order valence-corrected chi connectivity index (χ2v) is 7.16. The van der Waals surface area contributed by atoms with Gasteiger partial charge in [0, 0.05) is 24.5 Å². The Hall–Kier alpha value is -4.59. The van der Waals surface area contributed by atoms with Crippen molar-refractivity contribution in [2.75, 3.05) is 5.73 Å². The zero-order valence-electron chi connectivity index (χ0n) is 17.0. The number of anilines is 1. The summed E-state index contributed by atoms with van der Waals surface area (Å²) in [4.78, 5) is 26.6. The Morgan fingerprint density at radius 1 is 1.00 bits per heavy atom. The van der Waals surface area contributed by atoms with E-state index >= 15 is 0 Å². The molecule has 2 aromatic carbocycles. The molecule has 1 amide bonds. The predicted molar refractivity (Wildman–Crippen MR) is 124 cm³/mol. The minimum atomic E-state index is -0.337. The lowest BCUT2D eigenvalue weighted by Gasteiger charge is -2.05. The number of hydrogen-bond donors (Lipinski definition) is 2. The molecule has 5 rings (SSSR count). The van der Waals surface area contributed by atoms with E-state index in [0.29, 0.717) is 28.7 Å². The summed E-state index contributed by atoms with van der Waals surface area (Å²) in [6, 6.07) is 20.8. The molecule has 0 aliphatic carbocycles. The highest BCUT2D eigenvalue weighted by molar-refractivity contribution is 6.10. The Balaban J connectivity index is 1.61. The van der Waals surface area contributed by atoms with Gasteiger partial charge in [0.1, 0.15) is 16.9 Å². The third-order valence-electron chi connectivity index (χ3n) is 5.00. The lowest BCUT2D eigenvalue weighted by molar-refractivity contribution is 0.0953. The molecule has 0 atom stereocenters. The summed E-state index contributed by atoms with van der Waals surface area (Å²) >= 11 is 0. The second kappa shape index (κ2) is 8.27. The van der Waals surface area contributed by atoms with E-state index in [2.05, 4.69) is 25.4 Å². The number of nitrogen functional groups attached to an aromatic ring is 1. The molecule has 0 aliphatic rings. The number of nitrogens with two attached hydrogens (primary N) is 1. The third-order valence-corrected chi connectivity index (χ3v) is 5.00. The van der Waals surface area contributed by atoms with E-state index in [4.69, 9.17) is 5.73 Å². The molecule has 0 unspecified atom stereocenters. The first kappa shape index (κ1) is 19.4. The Morgan fingerprint density at radius 3 is 2.50 bits per heavy atom. The fourth-order valence-corrected chi connectivity index (χ4v) is 3.43. The van der Waals surface area contributed by atoms with Crippen molar-refractivity contribution in [1.82, 2.24) is 24.9 Å². The molecular formula is C24H19N7O. The maximum Gasteiger partial charge on any atom is 0.257 e. The molecule has 32 heavy (non-hydrogen) atoms. The van der Waals surface area contributed by atoms with Gasteiger partial charge in [0.25, 0.3) is 5.91 Å².